The lowest BCUT2D eigenvalue weighted by Gasteiger charge is -2.34. The number of ether oxygens (including phenoxy) is 2. The van der Waals surface area contributed by atoms with Gasteiger partial charge in [0.15, 0.2) is 11.6 Å². The molecule has 3 aliphatic rings. The van der Waals surface area contributed by atoms with Crippen molar-refractivity contribution in [1.29, 1.82) is 0 Å². The molecule has 2 atom stereocenters. The summed E-state index contributed by atoms with van der Waals surface area (Å²) in [6.45, 7) is 8.68. The molecular weight excluding hydrogens is 360 g/mol. The van der Waals surface area contributed by atoms with E-state index in [9.17, 15) is 4.79 Å². The Kier molecular flexibility index (Phi) is 4.63. The zero-order chi connectivity index (χ0) is 20.1. The van der Waals surface area contributed by atoms with E-state index in [-0.39, 0.29) is 18.1 Å². The third-order valence-electron chi connectivity index (χ3n) is 5.61. The van der Waals surface area contributed by atoms with E-state index in [2.05, 4.69) is 19.8 Å². The molecule has 154 valence electrons. The molecule has 2 fully saturated rings. The Balaban J connectivity index is 1.53. The number of hydrogen-bond donors (Lipinski definition) is 1. The minimum Gasteiger partial charge on any atom is -0.484 e. The average molecular weight is 390 g/mol. The van der Waals surface area contributed by atoms with Gasteiger partial charge in [-0.05, 0) is 40.0 Å². The molecule has 1 unspecified atom stereocenters. The van der Waals surface area contributed by atoms with Gasteiger partial charge in [0.1, 0.15) is 12.2 Å². The quantitative estimate of drug-likeness (QED) is 0.817. The predicted molar refractivity (Wildman–Crippen MR) is 107 cm³/mol. The Morgan fingerprint density at radius 1 is 1.25 bits per heavy atom. The van der Waals surface area contributed by atoms with Crippen LogP contribution in [0.3, 0.4) is 0 Å². The van der Waals surface area contributed by atoms with Gasteiger partial charge >= 0.3 is 6.09 Å². The van der Waals surface area contributed by atoms with Gasteiger partial charge < -0.3 is 29.9 Å². The van der Waals surface area contributed by atoms with Crippen LogP contribution in [0.15, 0.2) is 0 Å². The van der Waals surface area contributed by atoms with Crippen LogP contribution in [-0.2, 0) is 4.74 Å². The number of likely N-dealkylation sites (N-methyl/N-ethyl adjacent to an activating group) is 1. The van der Waals surface area contributed by atoms with Crippen LogP contribution in [-0.4, -0.2) is 71.9 Å². The summed E-state index contributed by atoms with van der Waals surface area (Å²) in [6.07, 6.45) is 2.78. The van der Waals surface area contributed by atoms with Crippen molar-refractivity contribution in [1.82, 2.24) is 14.9 Å². The van der Waals surface area contributed by atoms with E-state index in [0.717, 1.165) is 44.0 Å². The van der Waals surface area contributed by atoms with Crippen molar-refractivity contribution < 1.29 is 14.3 Å². The number of aromatic nitrogens is 2. The van der Waals surface area contributed by atoms with Gasteiger partial charge in [0.2, 0.25) is 11.7 Å². The van der Waals surface area contributed by atoms with E-state index in [1.54, 1.807) is 11.9 Å². The summed E-state index contributed by atoms with van der Waals surface area (Å²) in [6, 6.07) is 0.420. The third-order valence-corrected chi connectivity index (χ3v) is 5.61. The van der Waals surface area contributed by atoms with Crippen molar-refractivity contribution >= 4 is 23.7 Å². The third kappa shape index (κ3) is 3.49. The SMILES string of the molecule is CN(C(=O)OC(C)(C)C)[C@@H]1CCN(c2nc(N)nc3c2OCC2CCCN32)C1. The molecule has 0 radical (unpaired) electrons. The first-order chi connectivity index (χ1) is 13.2. The van der Waals surface area contributed by atoms with Crippen LogP contribution in [0.1, 0.15) is 40.0 Å². The second-order valence-electron chi connectivity index (χ2n) is 8.84. The van der Waals surface area contributed by atoms with Gasteiger partial charge in [-0.3, -0.25) is 0 Å². The van der Waals surface area contributed by atoms with Gasteiger partial charge in [0.25, 0.3) is 0 Å². The summed E-state index contributed by atoms with van der Waals surface area (Å²) < 4.78 is 11.6. The molecule has 4 rings (SSSR count). The van der Waals surface area contributed by atoms with Gasteiger partial charge in [0.05, 0.1) is 12.1 Å². The molecule has 4 heterocycles. The van der Waals surface area contributed by atoms with Crippen molar-refractivity contribution in [3.8, 4) is 5.75 Å². The molecule has 0 spiro atoms. The molecule has 3 aliphatic heterocycles. The molecule has 2 N–H and O–H groups in total. The maximum Gasteiger partial charge on any atom is 0.410 e. The molecule has 1 aromatic rings. The summed E-state index contributed by atoms with van der Waals surface area (Å²) in [5.41, 5.74) is 5.52. The van der Waals surface area contributed by atoms with Crippen molar-refractivity contribution in [2.45, 2.75) is 57.7 Å². The number of nitrogens with two attached hydrogens (primary N) is 1. The normalized spacial score (nSPS) is 23.9. The molecule has 0 saturated carbocycles. The number of nitrogens with zero attached hydrogens (tertiary/aromatic N) is 5. The van der Waals surface area contributed by atoms with E-state index in [4.69, 9.17) is 15.2 Å². The Hall–Kier alpha value is -2.45. The van der Waals surface area contributed by atoms with Crippen molar-refractivity contribution in [2.24, 2.45) is 0 Å². The molecule has 0 aromatic carbocycles. The van der Waals surface area contributed by atoms with Crippen LogP contribution in [0, 0.1) is 0 Å². The Morgan fingerprint density at radius 3 is 2.75 bits per heavy atom. The summed E-state index contributed by atoms with van der Waals surface area (Å²) in [5, 5.41) is 0. The lowest BCUT2D eigenvalue weighted by atomic mass is 10.2. The highest BCUT2D eigenvalue weighted by atomic mass is 16.6. The first-order valence-corrected chi connectivity index (χ1v) is 10.0. The second-order valence-corrected chi connectivity index (χ2v) is 8.84. The van der Waals surface area contributed by atoms with Crippen LogP contribution >= 0.6 is 0 Å². The van der Waals surface area contributed by atoms with Crippen LogP contribution in [0.4, 0.5) is 22.4 Å². The van der Waals surface area contributed by atoms with Crippen LogP contribution in [0.2, 0.25) is 0 Å². The van der Waals surface area contributed by atoms with Gasteiger partial charge in [-0.1, -0.05) is 0 Å². The summed E-state index contributed by atoms with van der Waals surface area (Å²) >= 11 is 0. The largest absolute Gasteiger partial charge is 0.484 e. The van der Waals surface area contributed by atoms with Crippen molar-refractivity contribution in [2.75, 3.05) is 48.8 Å². The minimum absolute atomic E-state index is 0.0461. The van der Waals surface area contributed by atoms with Crippen LogP contribution < -0.4 is 20.3 Å². The molecule has 9 heteroatoms. The Morgan fingerprint density at radius 2 is 2.00 bits per heavy atom. The summed E-state index contributed by atoms with van der Waals surface area (Å²) in [5.74, 6) is 2.51. The van der Waals surface area contributed by atoms with Crippen molar-refractivity contribution in [3.63, 3.8) is 0 Å². The van der Waals surface area contributed by atoms with Gasteiger partial charge in [0, 0.05) is 26.7 Å². The Bertz CT molecular complexity index is 765. The highest BCUT2D eigenvalue weighted by Crippen LogP contribution is 2.43. The second kappa shape index (κ2) is 6.86. The molecule has 9 nitrogen and oxygen atoms in total. The zero-order valence-electron chi connectivity index (χ0n) is 17.1. The number of anilines is 3. The van der Waals surface area contributed by atoms with Gasteiger partial charge in [-0.15, -0.1) is 0 Å². The molecule has 1 aromatic heterocycles. The number of carbonyl (C=O) groups is 1. The molecular formula is C19H30N6O3. The standard InChI is InChI=1S/C19H30N6O3/c1-19(2,3)28-18(26)23(4)12-7-9-24(10-12)15-14-16(22-17(20)21-15)25-8-5-6-13(25)11-27-14/h12-13H,5-11H2,1-4H3,(H2,20,21,22)/t12-,13?/m1/s1. The minimum atomic E-state index is -0.510. The van der Waals surface area contributed by atoms with E-state index in [1.165, 1.54) is 0 Å². The fourth-order valence-electron chi connectivity index (χ4n) is 4.18. The highest BCUT2D eigenvalue weighted by Gasteiger charge is 2.38. The molecule has 0 bridgehead atoms. The van der Waals surface area contributed by atoms with Crippen molar-refractivity contribution in [3.05, 3.63) is 0 Å². The first-order valence-electron chi connectivity index (χ1n) is 10.0. The highest BCUT2D eigenvalue weighted by molar-refractivity contribution is 5.71. The van der Waals surface area contributed by atoms with Gasteiger partial charge in [-0.2, -0.15) is 9.97 Å². The number of hydrogen-bond acceptors (Lipinski definition) is 8. The monoisotopic (exact) mass is 390 g/mol. The topological polar surface area (TPSA) is 97.0 Å². The van der Waals surface area contributed by atoms with Crippen LogP contribution in [0.5, 0.6) is 5.75 Å². The van der Waals surface area contributed by atoms with E-state index in [0.29, 0.717) is 24.9 Å². The Labute approximate surface area is 165 Å². The number of carbonyl (C=O) groups excluding carboxylic acids is 1. The molecule has 1 amide bonds. The zero-order valence-corrected chi connectivity index (χ0v) is 17.1. The lowest BCUT2D eigenvalue weighted by molar-refractivity contribution is 0.0238. The van der Waals surface area contributed by atoms with E-state index in [1.807, 2.05) is 20.8 Å². The maximum absolute atomic E-state index is 12.4. The predicted octanol–water partition coefficient (Wildman–Crippen LogP) is 1.87. The van der Waals surface area contributed by atoms with E-state index < -0.39 is 5.60 Å². The fraction of sp³-hybridized carbons (Fsp3) is 0.737. The smallest absolute Gasteiger partial charge is 0.410 e. The van der Waals surface area contributed by atoms with Gasteiger partial charge in [-0.25, -0.2) is 4.79 Å². The fourth-order valence-corrected chi connectivity index (χ4v) is 4.18. The summed E-state index contributed by atoms with van der Waals surface area (Å²) in [4.78, 5) is 27.5. The lowest BCUT2D eigenvalue weighted by Crippen LogP contribution is -2.42. The number of amides is 1. The van der Waals surface area contributed by atoms with Crippen LogP contribution in [0.25, 0.3) is 0 Å². The van der Waals surface area contributed by atoms with E-state index >= 15 is 0 Å². The molecule has 28 heavy (non-hydrogen) atoms. The number of nitrogen functional groups attached to an aromatic ring is 1. The molecule has 2 saturated heterocycles. The maximum atomic E-state index is 12.4. The summed E-state index contributed by atoms with van der Waals surface area (Å²) in [7, 11) is 1.79. The average Bonchev–Trinajstić information content (AvgIpc) is 3.28. The first kappa shape index (κ1) is 18.9. The number of fused-ring (bicyclic) bond motifs is 3. The number of rotatable bonds is 2. The molecule has 0 aliphatic carbocycles.